The lowest BCUT2D eigenvalue weighted by Crippen LogP contribution is -2.02. The van der Waals surface area contributed by atoms with Gasteiger partial charge in [-0.05, 0) is 54.0 Å². The number of hydrogen-bond donors (Lipinski definition) is 2. The first-order valence-corrected chi connectivity index (χ1v) is 8.21. The van der Waals surface area contributed by atoms with Gasteiger partial charge in [-0.3, -0.25) is 0 Å². The fourth-order valence-electron chi connectivity index (χ4n) is 3.24. The first-order valence-electron chi connectivity index (χ1n) is 8.21. The summed E-state index contributed by atoms with van der Waals surface area (Å²) in [5.74, 6) is -0.756. The van der Waals surface area contributed by atoms with Crippen molar-refractivity contribution in [3.05, 3.63) is 82.9 Å². The normalized spacial score (nSPS) is 11.7. The molecule has 25 heavy (non-hydrogen) atoms. The van der Waals surface area contributed by atoms with E-state index in [-0.39, 0.29) is 11.3 Å². The van der Waals surface area contributed by atoms with Crippen LogP contribution < -0.4 is 0 Å². The lowest BCUT2D eigenvalue weighted by Gasteiger charge is -2.15. The number of phenolic OH excluding ortho intramolecular Hbond substituents is 1. The molecule has 0 fully saturated rings. The number of phenols is 1. The van der Waals surface area contributed by atoms with Crippen molar-refractivity contribution < 1.29 is 15.0 Å². The Morgan fingerprint density at radius 1 is 1.08 bits per heavy atom. The van der Waals surface area contributed by atoms with Gasteiger partial charge in [0.15, 0.2) is 0 Å². The highest BCUT2D eigenvalue weighted by atomic mass is 16.4. The first kappa shape index (κ1) is 16.8. The van der Waals surface area contributed by atoms with Gasteiger partial charge in [-0.25, -0.2) is 4.79 Å². The molecule has 3 nitrogen and oxygen atoms in total. The molecule has 0 heterocycles. The third-order valence-corrected chi connectivity index (χ3v) is 4.46. The van der Waals surface area contributed by atoms with Crippen molar-refractivity contribution in [2.75, 3.05) is 0 Å². The largest absolute Gasteiger partial charge is 0.507 e. The van der Waals surface area contributed by atoms with Gasteiger partial charge < -0.3 is 10.2 Å². The van der Waals surface area contributed by atoms with Crippen molar-refractivity contribution in [2.24, 2.45) is 0 Å². The van der Waals surface area contributed by atoms with Crippen molar-refractivity contribution in [3.63, 3.8) is 0 Å². The summed E-state index contributed by atoms with van der Waals surface area (Å²) in [4.78, 5) is 11.6. The number of benzene rings is 3. The van der Waals surface area contributed by atoms with Crippen molar-refractivity contribution >= 4 is 22.3 Å². The third-order valence-electron chi connectivity index (χ3n) is 4.46. The van der Waals surface area contributed by atoms with Crippen molar-refractivity contribution in [1.82, 2.24) is 0 Å². The number of aliphatic carboxylic acids is 1. The van der Waals surface area contributed by atoms with Gasteiger partial charge in [0, 0.05) is 5.39 Å². The van der Waals surface area contributed by atoms with E-state index in [1.165, 1.54) is 0 Å². The summed E-state index contributed by atoms with van der Waals surface area (Å²) in [6.45, 7) is 3.51. The average molecular weight is 332 g/mol. The maximum absolute atomic E-state index is 11.6. The Labute approximate surface area is 146 Å². The number of allylic oxidation sites excluding steroid dienone is 1. The van der Waals surface area contributed by atoms with Crippen LogP contribution in [0.4, 0.5) is 0 Å². The molecule has 0 amide bonds. The zero-order valence-electron chi connectivity index (χ0n) is 14.3. The Hall–Kier alpha value is -3.07. The van der Waals surface area contributed by atoms with Crippen LogP contribution in [-0.4, -0.2) is 16.2 Å². The highest BCUT2D eigenvalue weighted by Crippen LogP contribution is 2.37. The summed E-state index contributed by atoms with van der Waals surface area (Å²) in [6, 6.07) is 17.5. The highest BCUT2D eigenvalue weighted by molar-refractivity contribution is 6.20. The lowest BCUT2D eigenvalue weighted by molar-refractivity contribution is -0.130. The molecule has 3 aromatic rings. The molecule has 0 spiro atoms. The van der Waals surface area contributed by atoms with Crippen LogP contribution in [0.25, 0.3) is 16.3 Å². The topological polar surface area (TPSA) is 57.5 Å². The number of carbonyl (C=O) groups is 1. The van der Waals surface area contributed by atoms with Crippen LogP contribution in [0, 0.1) is 6.92 Å². The average Bonchev–Trinajstić information content (AvgIpc) is 2.60. The molecule has 0 unspecified atom stereocenters. The quantitative estimate of drug-likeness (QED) is 0.666. The fraction of sp³-hybridized carbons (Fsp3) is 0.136. The predicted octanol–water partition coefficient (Wildman–Crippen LogP) is 4.93. The van der Waals surface area contributed by atoms with E-state index in [9.17, 15) is 15.0 Å². The number of hydrogen-bond acceptors (Lipinski definition) is 2. The first-order chi connectivity index (χ1) is 12.0. The Morgan fingerprint density at radius 3 is 2.44 bits per heavy atom. The van der Waals surface area contributed by atoms with Crippen molar-refractivity contribution in [3.8, 4) is 5.75 Å². The van der Waals surface area contributed by atoms with E-state index in [1.54, 1.807) is 26.0 Å². The Balaban J connectivity index is 2.28. The molecule has 3 heteroatoms. The monoisotopic (exact) mass is 332 g/mol. The van der Waals surface area contributed by atoms with Gasteiger partial charge in [-0.2, -0.15) is 0 Å². The summed E-state index contributed by atoms with van der Waals surface area (Å²) in [5, 5.41) is 21.7. The van der Waals surface area contributed by atoms with Crippen LogP contribution in [0.3, 0.4) is 0 Å². The van der Waals surface area contributed by atoms with E-state index in [4.69, 9.17) is 0 Å². The number of carboxylic acids is 1. The van der Waals surface area contributed by atoms with Gasteiger partial charge in [0.25, 0.3) is 0 Å². The molecule has 3 rings (SSSR count). The molecular weight excluding hydrogens is 312 g/mol. The molecule has 0 saturated heterocycles. The lowest BCUT2D eigenvalue weighted by atomic mass is 9.90. The second-order valence-electron chi connectivity index (χ2n) is 6.10. The van der Waals surface area contributed by atoms with Crippen LogP contribution in [0.1, 0.15) is 29.2 Å². The number of rotatable bonds is 4. The van der Waals surface area contributed by atoms with Crippen molar-refractivity contribution in [2.45, 2.75) is 20.3 Å². The zero-order chi connectivity index (χ0) is 18.0. The van der Waals surface area contributed by atoms with Crippen LogP contribution in [-0.2, 0) is 11.2 Å². The molecule has 3 aromatic carbocycles. The Bertz CT molecular complexity index is 969. The minimum absolute atomic E-state index is 0.214. The minimum Gasteiger partial charge on any atom is -0.507 e. The van der Waals surface area contributed by atoms with Gasteiger partial charge in [0.05, 0.1) is 5.57 Å². The van der Waals surface area contributed by atoms with Gasteiger partial charge in [-0.15, -0.1) is 0 Å². The van der Waals surface area contributed by atoms with Crippen LogP contribution in [0.2, 0.25) is 0 Å². The number of aromatic hydroxyl groups is 1. The SMILES string of the molecule is CC=C(C(=O)O)c1cc(C)c(O)c2c(Cc3ccccc3)cccc12. The predicted molar refractivity (Wildman–Crippen MR) is 101 cm³/mol. The minimum atomic E-state index is -0.970. The fourth-order valence-corrected chi connectivity index (χ4v) is 3.24. The van der Waals surface area contributed by atoms with E-state index < -0.39 is 5.97 Å². The van der Waals surface area contributed by atoms with E-state index in [0.717, 1.165) is 21.9 Å². The molecule has 0 saturated carbocycles. The molecular formula is C22H20O3. The molecule has 0 aliphatic carbocycles. The summed E-state index contributed by atoms with van der Waals surface area (Å²) in [6.07, 6.45) is 2.27. The van der Waals surface area contributed by atoms with Gasteiger partial charge in [-0.1, -0.05) is 54.6 Å². The van der Waals surface area contributed by atoms with Gasteiger partial charge in [0.2, 0.25) is 0 Å². The standard InChI is InChI=1S/C22H20O3/c1-3-17(22(24)25)19-12-14(2)21(23)20-16(10-7-11-18(19)20)13-15-8-5-4-6-9-15/h3-12,23H,13H2,1-2H3,(H,24,25). The van der Waals surface area contributed by atoms with Crippen LogP contribution in [0.5, 0.6) is 5.75 Å². The molecule has 0 atom stereocenters. The molecule has 0 aromatic heterocycles. The smallest absolute Gasteiger partial charge is 0.335 e. The molecule has 0 radical (unpaired) electrons. The number of aryl methyl sites for hydroxylation is 1. The summed E-state index contributed by atoms with van der Waals surface area (Å²) >= 11 is 0. The van der Waals surface area contributed by atoms with Crippen LogP contribution in [0.15, 0.2) is 60.7 Å². The molecule has 0 aliphatic rings. The Kier molecular flexibility index (Phi) is 4.57. The van der Waals surface area contributed by atoms with E-state index in [2.05, 4.69) is 0 Å². The van der Waals surface area contributed by atoms with E-state index in [0.29, 0.717) is 17.5 Å². The van der Waals surface area contributed by atoms with E-state index in [1.807, 2.05) is 48.5 Å². The van der Waals surface area contributed by atoms with Crippen LogP contribution >= 0.6 is 0 Å². The third kappa shape index (κ3) is 3.13. The zero-order valence-corrected chi connectivity index (χ0v) is 14.3. The van der Waals surface area contributed by atoms with Gasteiger partial charge in [0.1, 0.15) is 5.75 Å². The molecule has 0 aliphatic heterocycles. The number of carboxylic acid groups (broad SMARTS) is 1. The maximum atomic E-state index is 11.6. The Morgan fingerprint density at radius 2 is 1.80 bits per heavy atom. The summed E-state index contributed by atoms with van der Waals surface area (Å²) < 4.78 is 0. The number of fused-ring (bicyclic) bond motifs is 1. The van der Waals surface area contributed by atoms with Gasteiger partial charge >= 0.3 is 5.97 Å². The van der Waals surface area contributed by atoms with Crippen molar-refractivity contribution in [1.29, 1.82) is 0 Å². The maximum Gasteiger partial charge on any atom is 0.335 e. The molecule has 126 valence electrons. The summed E-state index contributed by atoms with van der Waals surface area (Å²) in [5.41, 5.74) is 3.66. The molecule has 0 bridgehead atoms. The molecule has 2 N–H and O–H groups in total. The second kappa shape index (κ2) is 6.81. The second-order valence-corrected chi connectivity index (χ2v) is 6.10. The summed E-state index contributed by atoms with van der Waals surface area (Å²) in [7, 11) is 0. The highest BCUT2D eigenvalue weighted by Gasteiger charge is 2.18. The van der Waals surface area contributed by atoms with E-state index >= 15 is 0 Å².